The monoisotopic (exact) mass is 490 g/mol. The first kappa shape index (κ1) is 26.3. The van der Waals surface area contributed by atoms with Crippen molar-refractivity contribution >= 4 is 27.0 Å². The quantitative estimate of drug-likeness (QED) is 0.274. The van der Waals surface area contributed by atoms with E-state index in [-0.39, 0.29) is 30.2 Å². The molecule has 0 radical (unpaired) electrons. The van der Waals surface area contributed by atoms with Crippen LogP contribution in [0.1, 0.15) is 18.1 Å². The van der Waals surface area contributed by atoms with Crippen LogP contribution in [-0.2, 0) is 23.3 Å². The van der Waals surface area contributed by atoms with E-state index in [9.17, 15) is 0 Å². The van der Waals surface area contributed by atoms with Gasteiger partial charge in [-0.25, -0.2) is 0 Å². The van der Waals surface area contributed by atoms with Crippen LogP contribution in [0.15, 0.2) is 72.8 Å². The average Bonchev–Trinajstić information content (AvgIpc) is 3.16. The zero-order chi connectivity index (χ0) is 18.2. The van der Waals surface area contributed by atoms with Gasteiger partial charge >= 0.3 is 48.3 Å². The Morgan fingerprint density at radius 1 is 0.778 bits per heavy atom. The van der Waals surface area contributed by atoms with E-state index in [4.69, 9.17) is 0 Å². The minimum Gasteiger partial charge on any atom is -1.00 e. The molecule has 4 aromatic rings. The Balaban J connectivity index is 0.000000384. The van der Waals surface area contributed by atoms with E-state index in [1.165, 1.54) is 38.7 Å². The molecular weight excluding hydrogens is 466 g/mol. The maximum atomic E-state index is 2.36. The molecule has 4 heteroatoms. The Labute approximate surface area is 191 Å². The van der Waals surface area contributed by atoms with Gasteiger partial charge in [-0.05, 0) is 0 Å². The Bertz CT molecular complexity index is 815. The number of fused-ring (bicyclic) bond motifs is 2. The van der Waals surface area contributed by atoms with Crippen LogP contribution in [-0.4, -0.2) is 5.43 Å². The number of hydrogen-bond donors (Lipinski definition) is 0. The Morgan fingerprint density at radius 3 is 1.41 bits per heavy atom. The van der Waals surface area contributed by atoms with Crippen LogP contribution in [0, 0.1) is 13.8 Å². The van der Waals surface area contributed by atoms with Crippen LogP contribution >= 0.6 is 0 Å². The summed E-state index contributed by atoms with van der Waals surface area (Å²) in [4.78, 5) is 0. The maximum absolute atomic E-state index is 2.36. The molecule has 0 aliphatic rings. The third-order valence-corrected chi connectivity index (χ3v) is 7.72. The fourth-order valence-corrected chi connectivity index (χ4v) is 2.61. The standard InChI is InChI=1S/2C10H9.C3H8Si.2ClH.Zr/c2*1-8-6-9-4-2-3-5-10(9)7-8;1-3-4-2;;;/h2*2-7H,1H3;3H2,1-2H3;2*1H;/q2*-1;;;;+2/p-2. The minimum atomic E-state index is 0. The molecule has 0 heterocycles. The zero-order valence-corrected chi connectivity index (χ0v) is 21.4. The van der Waals surface area contributed by atoms with Gasteiger partial charge in [0.1, 0.15) is 0 Å². The van der Waals surface area contributed by atoms with Gasteiger partial charge in [0.15, 0.2) is 0 Å². The predicted molar refractivity (Wildman–Crippen MR) is 111 cm³/mol. The Kier molecular flexibility index (Phi) is 13.2. The second-order valence-corrected chi connectivity index (χ2v) is 15.0. The molecule has 0 saturated heterocycles. The van der Waals surface area contributed by atoms with Crippen molar-refractivity contribution in [2.24, 2.45) is 0 Å². The second kappa shape index (κ2) is 13.5. The van der Waals surface area contributed by atoms with E-state index < -0.39 is 0 Å². The molecular formula is C23H26Cl2SiZr-2. The number of hydrogen-bond acceptors (Lipinski definition) is 0. The van der Waals surface area contributed by atoms with Crippen molar-refractivity contribution in [3.63, 3.8) is 0 Å². The molecule has 0 nitrogen and oxygen atoms in total. The summed E-state index contributed by atoms with van der Waals surface area (Å²) >= 11 is 1.77. The molecule has 0 bridgehead atoms. The van der Waals surface area contributed by atoms with Gasteiger partial charge in [-0.1, -0.05) is 26.0 Å². The first-order chi connectivity index (χ1) is 12.0. The summed E-state index contributed by atoms with van der Waals surface area (Å²) in [6.07, 6.45) is 0. The van der Waals surface area contributed by atoms with E-state index in [0.29, 0.717) is 0 Å². The molecule has 142 valence electrons. The van der Waals surface area contributed by atoms with Crippen molar-refractivity contribution in [2.45, 2.75) is 33.4 Å². The summed E-state index contributed by atoms with van der Waals surface area (Å²) in [5, 5.41) is 5.39. The third-order valence-electron chi connectivity index (χ3n) is 4.06. The van der Waals surface area contributed by atoms with Gasteiger partial charge in [-0.15, -0.1) is 81.2 Å². The predicted octanol–water partition coefficient (Wildman–Crippen LogP) is 0.917. The van der Waals surface area contributed by atoms with E-state index in [1.807, 2.05) is 0 Å². The number of aryl methyl sites for hydroxylation is 2. The summed E-state index contributed by atoms with van der Waals surface area (Å²) in [5.41, 5.74) is 2.91. The van der Waals surface area contributed by atoms with Gasteiger partial charge in [-0.2, -0.15) is 12.1 Å². The van der Waals surface area contributed by atoms with Crippen LogP contribution < -0.4 is 24.8 Å². The Hall–Kier alpha value is -0.660. The van der Waals surface area contributed by atoms with Crippen molar-refractivity contribution in [3.8, 4) is 0 Å². The van der Waals surface area contributed by atoms with Crippen molar-refractivity contribution in [3.05, 3.63) is 83.9 Å². The molecule has 0 spiro atoms. The maximum Gasteiger partial charge on any atom is -0.0579 e. The number of benzene rings is 2. The summed E-state index contributed by atoms with van der Waals surface area (Å²) < 4.78 is 0. The summed E-state index contributed by atoms with van der Waals surface area (Å²) in [7, 11) is 0. The van der Waals surface area contributed by atoms with E-state index in [0.717, 1.165) is 0 Å². The smallest absolute Gasteiger partial charge is 0.0579 e. The van der Waals surface area contributed by atoms with Gasteiger partial charge in [0.2, 0.25) is 0 Å². The molecule has 0 aliphatic carbocycles. The fourth-order valence-electron chi connectivity index (χ4n) is 2.61. The van der Waals surface area contributed by atoms with Crippen molar-refractivity contribution < 1.29 is 48.1 Å². The minimum absolute atomic E-state index is 0. The van der Waals surface area contributed by atoms with Crippen molar-refractivity contribution in [1.82, 2.24) is 0 Å². The summed E-state index contributed by atoms with van der Waals surface area (Å²) in [6.45, 7) is 8.88. The Morgan fingerprint density at radius 2 is 1.11 bits per heavy atom. The topological polar surface area (TPSA) is 0 Å². The van der Waals surface area contributed by atoms with E-state index in [2.05, 4.69) is 100 Å². The molecule has 0 atom stereocenters. The van der Waals surface area contributed by atoms with Gasteiger partial charge < -0.3 is 24.8 Å². The van der Waals surface area contributed by atoms with Crippen LogP contribution in [0.3, 0.4) is 0 Å². The molecule has 0 fully saturated rings. The van der Waals surface area contributed by atoms with E-state index >= 15 is 0 Å². The summed E-state index contributed by atoms with van der Waals surface area (Å²) in [5.74, 6) is 0. The fraction of sp³-hybridized carbons (Fsp3) is 0.217. The van der Waals surface area contributed by atoms with Crippen molar-refractivity contribution in [2.75, 3.05) is 0 Å². The van der Waals surface area contributed by atoms with Gasteiger partial charge in [-0.3, -0.25) is 0 Å². The molecule has 0 amide bonds. The molecule has 27 heavy (non-hydrogen) atoms. The third kappa shape index (κ3) is 8.92. The zero-order valence-electron chi connectivity index (χ0n) is 16.4. The van der Waals surface area contributed by atoms with Gasteiger partial charge in [0, 0.05) is 0 Å². The number of rotatable bonds is 1. The first-order valence-corrected chi connectivity index (χ1v) is 14.7. The van der Waals surface area contributed by atoms with E-state index in [1.54, 1.807) is 23.3 Å². The molecule has 0 aliphatic heterocycles. The van der Waals surface area contributed by atoms with Crippen LogP contribution in [0.4, 0.5) is 0 Å². The largest absolute Gasteiger partial charge is 1.00 e. The average molecular weight is 493 g/mol. The molecule has 4 rings (SSSR count). The molecule has 4 aromatic carbocycles. The molecule has 0 aromatic heterocycles. The van der Waals surface area contributed by atoms with Crippen LogP contribution in [0.5, 0.6) is 0 Å². The van der Waals surface area contributed by atoms with Crippen LogP contribution in [0.2, 0.25) is 12.6 Å². The second-order valence-electron chi connectivity index (χ2n) is 6.46. The van der Waals surface area contributed by atoms with Crippen molar-refractivity contribution in [1.29, 1.82) is 0 Å². The molecule has 0 N–H and O–H groups in total. The first-order valence-electron chi connectivity index (χ1n) is 8.77. The number of halogens is 2. The molecule has 0 unspecified atom stereocenters. The molecule has 0 saturated carbocycles. The SMILES string of the molecule is CC[Si](C)=[Zr+2].Cc1cc2ccccc2[cH-]1.Cc1cc2ccccc2[cH-]1.[Cl-].[Cl-]. The van der Waals surface area contributed by atoms with Crippen LogP contribution in [0.25, 0.3) is 21.5 Å². The normalized spacial score (nSPS) is 9.26. The van der Waals surface area contributed by atoms with Gasteiger partial charge in [0.25, 0.3) is 0 Å². The summed E-state index contributed by atoms with van der Waals surface area (Å²) in [6, 6.07) is 27.1. The van der Waals surface area contributed by atoms with Gasteiger partial charge in [0.05, 0.1) is 0 Å².